The number of nitrogens with zero attached hydrogens (tertiary/aromatic N) is 2. The van der Waals surface area contributed by atoms with Crippen LogP contribution in [-0.2, 0) is 9.59 Å². The molecule has 1 aromatic rings. The first kappa shape index (κ1) is 22.2. The number of carbonyl (C=O) groups excluding carboxylic acids is 3. The Morgan fingerprint density at radius 1 is 1.10 bits per heavy atom. The summed E-state index contributed by atoms with van der Waals surface area (Å²) in [5.74, 6) is 0.643. The molecule has 0 N–H and O–H groups in total. The highest BCUT2D eigenvalue weighted by atomic mass is 32.2. The molecule has 0 atom stereocenters. The molecule has 0 radical (unpaired) electrons. The largest absolute Gasteiger partial charge is 0.490 e. The van der Waals surface area contributed by atoms with Crippen molar-refractivity contribution in [1.29, 1.82) is 0 Å². The molecule has 162 valence electrons. The molecule has 3 amide bonds. The van der Waals surface area contributed by atoms with Crippen molar-refractivity contribution in [1.82, 2.24) is 9.80 Å². The van der Waals surface area contributed by atoms with Crippen LogP contribution in [0.2, 0.25) is 0 Å². The van der Waals surface area contributed by atoms with Gasteiger partial charge >= 0.3 is 0 Å². The average molecular weight is 433 g/mol. The molecule has 8 heteroatoms. The normalized spacial score (nSPS) is 18.3. The number of hydrogen-bond acceptors (Lipinski definition) is 6. The molecule has 1 aromatic carbocycles. The lowest BCUT2D eigenvalue weighted by atomic mass is 10.1. The van der Waals surface area contributed by atoms with Gasteiger partial charge in [-0.1, -0.05) is 13.0 Å². The van der Waals surface area contributed by atoms with Crippen LogP contribution < -0.4 is 9.47 Å². The standard InChI is InChI=1S/C22H28N2O5S/c1-3-12-29-17-9-8-16(13-18(17)28-4-2)14-19-21(26)24(22(27)30-19)15-20(25)23-10-6-5-7-11-23/h8-9,13-14H,3-7,10-12,15H2,1-2H3/b19-14-. The third kappa shape index (κ3) is 5.36. The minimum atomic E-state index is -0.431. The van der Waals surface area contributed by atoms with Crippen molar-refractivity contribution >= 4 is 34.9 Å². The summed E-state index contributed by atoms with van der Waals surface area (Å²) in [4.78, 5) is 40.7. The molecular formula is C22H28N2O5S. The number of amides is 3. The summed E-state index contributed by atoms with van der Waals surface area (Å²) in [7, 11) is 0. The molecule has 2 heterocycles. The topological polar surface area (TPSA) is 76.2 Å². The van der Waals surface area contributed by atoms with Gasteiger partial charge in [-0.15, -0.1) is 0 Å². The van der Waals surface area contributed by atoms with Crippen molar-refractivity contribution in [2.24, 2.45) is 0 Å². The zero-order valence-corrected chi connectivity index (χ0v) is 18.3. The second-order valence-electron chi connectivity index (χ2n) is 7.20. The Morgan fingerprint density at radius 3 is 2.57 bits per heavy atom. The zero-order chi connectivity index (χ0) is 21.5. The van der Waals surface area contributed by atoms with Gasteiger partial charge in [-0.25, -0.2) is 0 Å². The fraction of sp³-hybridized carbons (Fsp3) is 0.500. The monoisotopic (exact) mass is 432 g/mol. The molecule has 0 aliphatic carbocycles. The van der Waals surface area contributed by atoms with Crippen molar-refractivity contribution in [3.63, 3.8) is 0 Å². The third-order valence-corrected chi connectivity index (χ3v) is 5.81. The fourth-order valence-electron chi connectivity index (χ4n) is 3.38. The van der Waals surface area contributed by atoms with Crippen LogP contribution in [0.25, 0.3) is 6.08 Å². The van der Waals surface area contributed by atoms with Gasteiger partial charge in [0.2, 0.25) is 5.91 Å². The van der Waals surface area contributed by atoms with Crippen LogP contribution >= 0.6 is 11.8 Å². The molecule has 0 unspecified atom stereocenters. The average Bonchev–Trinajstić information content (AvgIpc) is 3.01. The zero-order valence-electron chi connectivity index (χ0n) is 17.5. The predicted octanol–water partition coefficient (Wildman–Crippen LogP) is 3.92. The number of likely N-dealkylation sites (tertiary alicyclic amines) is 1. The number of imide groups is 1. The summed E-state index contributed by atoms with van der Waals surface area (Å²) in [5, 5.41) is -0.412. The van der Waals surface area contributed by atoms with E-state index in [0.717, 1.165) is 47.9 Å². The van der Waals surface area contributed by atoms with E-state index in [1.807, 2.05) is 19.9 Å². The van der Waals surface area contributed by atoms with E-state index in [2.05, 4.69) is 0 Å². The number of thioether (sulfide) groups is 1. The van der Waals surface area contributed by atoms with Crippen molar-refractivity contribution < 1.29 is 23.9 Å². The summed E-state index contributed by atoms with van der Waals surface area (Å²) in [5.41, 5.74) is 0.732. The lowest BCUT2D eigenvalue weighted by molar-refractivity contribution is -0.136. The molecule has 7 nitrogen and oxygen atoms in total. The van der Waals surface area contributed by atoms with E-state index in [9.17, 15) is 14.4 Å². The van der Waals surface area contributed by atoms with E-state index in [4.69, 9.17) is 9.47 Å². The van der Waals surface area contributed by atoms with Gasteiger partial charge in [0.25, 0.3) is 11.1 Å². The quantitative estimate of drug-likeness (QED) is 0.580. The first-order valence-corrected chi connectivity index (χ1v) is 11.3. The molecule has 3 rings (SSSR count). The third-order valence-electron chi connectivity index (χ3n) is 4.90. The van der Waals surface area contributed by atoms with Gasteiger partial charge in [-0.3, -0.25) is 19.3 Å². The van der Waals surface area contributed by atoms with E-state index in [1.54, 1.807) is 23.1 Å². The molecule has 0 aromatic heterocycles. The SMILES string of the molecule is CCCOc1ccc(/C=C2\SC(=O)N(CC(=O)N3CCCCC3)C2=O)cc1OCC. The van der Waals surface area contributed by atoms with E-state index < -0.39 is 11.1 Å². The summed E-state index contributed by atoms with van der Waals surface area (Å²) < 4.78 is 11.4. The first-order valence-electron chi connectivity index (χ1n) is 10.5. The Kier molecular flexibility index (Phi) is 7.79. The predicted molar refractivity (Wildman–Crippen MR) is 117 cm³/mol. The van der Waals surface area contributed by atoms with Crippen LogP contribution in [0.3, 0.4) is 0 Å². The van der Waals surface area contributed by atoms with Crippen molar-refractivity contribution in [2.45, 2.75) is 39.5 Å². The van der Waals surface area contributed by atoms with Gasteiger partial charge in [-0.2, -0.15) is 0 Å². The van der Waals surface area contributed by atoms with E-state index in [-0.39, 0.29) is 12.5 Å². The van der Waals surface area contributed by atoms with Gasteiger partial charge in [0.05, 0.1) is 18.1 Å². The van der Waals surface area contributed by atoms with E-state index in [0.29, 0.717) is 42.7 Å². The van der Waals surface area contributed by atoms with Crippen LogP contribution in [0.1, 0.15) is 45.1 Å². The smallest absolute Gasteiger partial charge is 0.294 e. The Hall–Kier alpha value is -2.48. The van der Waals surface area contributed by atoms with Crippen LogP contribution in [0.15, 0.2) is 23.1 Å². The van der Waals surface area contributed by atoms with Gasteiger partial charge in [0.1, 0.15) is 6.54 Å². The van der Waals surface area contributed by atoms with Crippen LogP contribution in [0.4, 0.5) is 4.79 Å². The number of ether oxygens (including phenoxy) is 2. The first-order chi connectivity index (χ1) is 14.5. The molecule has 2 fully saturated rings. The number of piperidine rings is 1. The Morgan fingerprint density at radius 2 is 1.87 bits per heavy atom. The maximum atomic E-state index is 12.7. The Labute approximate surface area is 181 Å². The summed E-state index contributed by atoms with van der Waals surface area (Å²) in [6, 6.07) is 5.42. The summed E-state index contributed by atoms with van der Waals surface area (Å²) in [6.45, 7) is 6.18. The highest BCUT2D eigenvalue weighted by molar-refractivity contribution is 8.18. The molecule has 2 aliphatic rings. The van der Waals surface area contributed by atoms with Crippen LogP contribution in [-0.4, -0.2) is 59.7 Å². The maximum Gasteiger partial charge on any atom is 0.294 e. The van der Waals surface area contributed by atoms with Gasteiger partial charge in [-0.05, 0) is 68.1 Å². The van der Waals surface area contributed by atoms with Crippen LogP contribution in [0.5, 0.6) is 11.5 Å². The van der Waals surface area contributed by atoms with E-state index in [1.165, 1.54) is 0 Å². The van der Waals surface area contributed by atoms with E-state index >= 15 is 0 Å². The molecule has 2 saturated heterocycles. The van der Waals surface area contributed by atoms with Crippen LogP contribution in [0, 0.1) is 0 Å². The van der Waals surface area contributed by atoms with Crippen molar-refractivity contribution in [3.05, 3.63) is 28.7 Å². The number of benzene rings is 1. The molecule has 0 bridgehead atoms. The van der Waals surface area contributed by atoms with Crippen molar-refractivity contribution in [2.75, 3.05) is 32.8 Å². The Bertz CT molecular complexity index is 833. The molecule has 2 aliphatic heterocycles. The number of rotatable bonds is 8. The molecule has 30 heavy (non-hydrogen) atoms. The second kappa shape index (κ2) is 10.5. The molecule has 0 saturated carbocycles. The maximum absolute atomic E-state index is 12.7. The minimum absolute atomic E-state index is 0.172. The molecular weight excluding hydrogens is 404 g/mol. The van der Waals surface area contributed by atoms with Gasteiger partial charge < -0.3 is 14.4 Å². The summed E-state index contributed by atoms with van der Waals surface area (Å²) in [6.07, 6.45) is 5.58. The molecule has 0 spiro atoms. The number of carbonyl (C=O) groups is 3. The lowest BCUT2D eigenvalue weighted by Crippen LogP contribution is -2.44. The second-order valence-corrected chi connectivity index (χ2v) is 8.19. The fourth-order valence-corrected chi connectivity index (χ4v) is 4.22. The number of hydrogen-bond donors (Lipinski definition) is 0. The van der Waals surface area contributed by atoms with Crippen molar-refractivity contribution in [3.8, 4) is 11.5 Å². The highest BCUT2D eigenvalue weighted by Gasteiger charge is 2.37. The van der Waals surface area contributed by atoms with Gasteiger partial charge in [0.15, 0.2) is 11.5 Å². The lowest BCUT2D eigenvalue weighted by Gasteiger charge is -2.27. The van der Waals surface area contributed by atoms with Gasteiger partial charge in [0, 0.05) is 13.1 Å². The summed E-state index contributed by atoms with van der Waals surface area (Å²) >= 11 is 0.858. The highest BCUT2D eigenvalue weighted by Crippen LogP contribution is 2.34. The Balaban J connectivity index is 1.72. The minimum Gasteiger partial charge on any atom is -0.490 e.